The van der Waals surface area contributed by atoms with Crippen LogP contribution in [0.5, 0.6) is 0 Å². The molecule has 0 radical (unpaired) electrons. The van der Waals surface area contributed by atoms with Crippen molar-refractivity contribution in [1.82, 2.24) is 0 Å². The van der Waals surface area contributed by atoms with Crippen LogP contribution in [-0.4, -0.2) is 24.3 Å². The monoisotopic (exact) mass is 254 g/mol. The van der Waals surface area contributed by atoms with E-state index in [2.05, 4.69) is 0 Å². The number of carboxylic acids is 1. The largest absolute Gasteiger partial charge is 0.481 e. The van der Waals surface area contributed by atoms with Crippen molar-refractivity contribution in [3.05, 3.63) is 35.4 Å². The number of halogens is 2. The Hall–Kier alpha value is -1.49. The number of aliphatic carboxylic acids is 1. The van der Waals surface area contributed by atoms with Crippen LogP contribution in [0.2, 0.25) is 0 Å². The second kappa shape index (κ2) is 3.51. The maximum absolute atomic E-state index is 13.3. The van der Waals surface area contributed by atoms with Crippen molar-refractivity contribution in [3.63, 3.8) is 0 Å². The van der Waals surface area contributed by atoms with Gasteiger partial charge in [-0.25, -0.2) is 8.78 Å². The molecular weight excluding hydrogens is 242 g/mol. The summed E-state index contributed by atoms with van der Waals surface area (Å²) in [5.74, 6) is -2.75. The van der Waals surface area contributed by atoms with E-state index < -0.39 is 28.4 Å². The molecule has 2 fully saturated rings. The quantitative estimate of drug-likeness (QED) is 0.898. The zero-order chi connectivity index (χ0) is 13.0. The maximum atomic E-state index is 13.3. The molecule has 96 valence electrons. The Kier molecular flexibility index (Phi) is 2.26. The zero-order valence-electron chi connectivity index (χ0n) is 9.58. The van der Waals surface area contributed by atoms with Crippen LogP contribution in [0.15, 0.2) is 18.2 Å². The number of hydrogen-bond donors (Lipinski definition) is 1. The molecular formula is C13H12F2O3. The minimum absolute atomic E-state index is 0.254. The van der Waals surface area contributed by atoms with Gasteiger partial charge in [-0.1, -0.05) is 6.07 Å². The minimum Gasteiger partial charge on any atom is -0.481 e. The normalized spacial score (nSPS) is 23.2. The molecule has 3 nitrogen and oxygen atoms in total. The number of hydrogen-bond acceptors (Lipinski definition) is 2. The van der Waals surface area contributed by atoms with E-state index in [0.29, 0.717) is 18.4 Å². The summed E-state index contributed by atoms with van der Waals surface area (Å²) in [6.45, 7) is 0.509. The second-order valence-corrected chi connectivity index (χ2v) is 5.09. The van der Waals surface area contributed by atoms with E-state index in [1.165, 1.54) is 6.07 Å². The molecule has 5 heteroatoms. The molecule has 0 atom stereocenters. The Morgan fingerprint density at radius 2 is 1.89 bits per heavy atom. The fourth-order valence-electron chi connectivity index (χ4n) is 2.84. The average Bonchev–Trinajstić information content (AvgIpc) is 3.03. The molecule has 1 aromatic carbocycles. The van der Waals surface area contributed by atoms with Crippen LogP contribution in [0.1, 0.15) is 18.4 Å². The van der Waals surface area contributed by atoms with Crippen molar-refractivity contribution in [1.29, 1.82) is 0 Å². The van der Waals surface area contributed by atoms with E-state index >= 15 is 0 Å². The standard InChI is InChI=1S/C13H12F2O3/c14-9-2-1-8(5-10(9)15)13(6-18-7-13)12(3-4-12)11(16)17/h1-2,5H,3-4,6-7H2,(H,16,17). The predicted octanol–water partition coefficient (Wildman–Crippen LogP) is 2.10. The van der Waals surface area contributed by atoms with E-state index in [4.69, 9.17) is 4.74 Å². The number of benzene rings is 1. The molecule has 1 saturated carbocycles. The summed E-state index contributed by atoms with van der Waals surface area (Å²) < 4.78 is 31.4. The molecule has 2 aliphatic rings. The Balaban J connectivity index is 2.07. The maximum Gasteiger partial charge on any atom is 0.310 e. The summed E-state index contributed by atoms with van der Waals surface area (Å²) in [6.07, 6.45) is 1.12. The molecule has 1 aliphatic carbocycles. The molecule has 0 amide bonds. The lowest BCUT2D eigenvalue weighted by Crippen LogP contribution is -2.56. The van der Waals surface area contributed by atoms with Gasteiger partial charge in [0.1, 0.15) is 0 Å². The highest BCUT2D eigenvalue weighted by Gasteiger charge is 2.68. The molecule has 0 aromatic heterocycles. The summed E-state index contributed by atoms with van der Waals surface area (Å²) in [5, 5.41) is 9.37. The Morgan fingerprint density at radius 3 is 2.28 bits per heavy atom. The molecule has 1 saturated heterocycles. The van der Waals surface area contributed by atoms with Gasteiger partial charge in [0.15, 0.2) is 11.6 Å². The molecule has 1 aromatic rings. The van der Waals surface area contributed by atoms with Gasteiger partial charge in [-0.2, -0.15) is 0 Å². The van der Waals surface area contributed by atoms with E-state index in [1.807, 2.05) is 0 Å². The number of ether oxygens (including phenoxy) is 1. The molecule has 18 heavy (non-hydrogen) atoms. The van der Waals surface area contributed by atoms with Gasteiger partial charge in [0, 0.05) is 0 Å². The van der Waals surface area contributed by atoms with Crippen molar-refractivity contribution >= 4 is 5.97 Å². The van der Waals surface area contributed by atoms with Crippen LogP contribution in [-0.2, 0) is 14.9 Å². The summed E-state index contributed by atoms with van der Waals surface area (Å²) in [4.78, 5) is 11.4. The van der Waals surface area contributed by atoms with Crippen LogP contribution in [0.25, 0.3) is 0 Å². The zero-order valence-corrected chi connectivity index (χ0v) is 9.58. The summed E-state index contributed by atoms with van der Waals surface area (Å²) in [7, 11) is 0. The second-order valence-electron chi connectivity index (χ2n) is 5.09. The molecule has 1 N–H and O–H groups in total. The van der Waals surface area contributed by atoms with Gasteiger partial charge < -0.3 is 9.84 Å². The molecule has 0 unspecified atom stereocenters. The highest BCUT2D eigenvalue weighted by molar-refractivity contribution is 5.81. The SMILES string of the molecule is O=C(O)C1(C2(c3ccc(F)c(F)c3)COC2)CC1. The van der Waals surface area contributed by atoms with E-state index in [-0.39, 0.29) is 13.2 Å². The van der Waals surface area contributed by atoms with Crippen LogP contribution in [0.3, 0.4) is 0 Å². The number of rotatable bonds is 3. The topological polar surface area (TPSA) is 46.5 Å². The number of carbonyl (C=O) groups is 1. The minimum atomic E-state index is -0.944. The van der Waals surface area contributed by atoms with E-state index in [0.717, 1.165) is 12.1 Å². The molecule has 1 heterocycles. The first-order valence-corrected chi connectivity index (χ1v) is 5.79. The van der Waals surface area contributed by atoms with E-state index in [1.54, 1.807) is 0 Å². The third-order valence-electron chi connectivity index (χ3n) is 4.24. The molecule has 1 aliphatic heterocycles. The van der Waals surface area contributed by atoms with Gasteiger partial charge in [0.05, 0.1) is 24.0 Å². The first kappa shape index (κ1) is 11.6. The van der Waals surface area contributed by atoms with E-state index in [9.17, 15) is 18.7 Å². The third kappa shape index (κ3) is 1.28. The van der Waals surface area contributed by atoms with Gasteiger partial charge in [0.2, 0.25) is 0 Å². The van der Waals surface area contributed by atoms with Gasteiger partial charge in [-0.3, -0.25) is 4.79 Å². The highest BCUT2D eigenvalue weighted by Crippen LogP contribution is 2.62. The van der Waals surface area contributed by atoms with Crippen molar-refractivity contribution in [2.45, 2.75) is 18.3 Å². The van der Waals surface area contributed by atoms with Crippen LogP contribution < -0.4 is 0 Å². The highest BCUT2D eigenvalue weighted by atomic mass is 19.2. The van der Waals surface area contributed by atoms with Crippen LogP contribution >= 0.6 is 0 Å². The molecule has 0 bridgehead atoms. The Morgan fingerprint density at radius 1 is 1.22 bits per heavy atom. The van der Waals surface area contributed by atoms with Crippen LogP contribution in [0, 0.1) is 17.0 Å². The fraction of sp³-hybridized carbons (Fsp3) is 0.462. The Labute approximate surface area is 102 Å². The van der Waals surface area contributed by atoms with Crippen molar-refractivity contribution in [3.8, 4) is 0 Å². The van der Waals surface area contributed by atoms with Gasteiger partial charge in [-0.15, -0.1) is 0 Å². The van der Waals surface area contributed by atoms with Crippen molar-refractivity contribution in [2.75, 3.05) is 13.2 Å². The lowest BCUT2D eigenvalue weighted by atomic mass is 9.66. The predicted molar refractivity (Wildman–Crippen MR) is 58.2 cm³/mol. The van der Waals surface area contributed by atoms with Gasteiger partial charge in [0.25, 0.3) is 0 Å². The fourth-order valence-corrected chi connectivity index (χ4v) is 2.84. The summed E-state index contributed by atoms with van der Waals surface area (Å²) >= 11 is 0. The van der Waals surface area contributed by atoms with Gasteiger partial charge in [-0.05, 0) is 30.5 Å². The van der Waals surface area contributed by atoms with Crippen molar-refractivity contribution in [2.24, 2.45) is 5.41 Å². The number of carboxylic acid groups (broad SMARTS) is 1. The summed E-state index contributed by atoms with van der Waals surface area (Å²) in [6, 6.07) is 3.60. The van der Waals surface area contributed by atoms with Crippen molar-refractivity contribution < 1.29 is 23.4 Å². The lowest BCUT2D eigenvalue weighted by Gasteiger charge is -2.46. The molecule has 3 rings (SSSR count). The first-order valence-electron chi connectivity index (χ1n) is 5.79. The first-order chi connectivity index (χ1) is 8.52. The lowest BCUT2D eigenvalue weighted by molar-refractivity contribution is -0.161. The Bertz CT molecular complexity index is 519. The smallest absolute Gasteiger partial charge is 0.310 e. The summed E-state index contributed by atoms with van der Waals surface area (Å²) in [5.41, 5.74) is -1.05. The molecule has 0 spiro atoms. The van der Waals surface area contributed by atoms with Crippen LogP contribution in [0.4, 0.5) is 8.78 Å². The third-order valence-corrected chi connectivity index (χ3v) is 4.24. The average molecular weight is 254 g/mol. The van der Waals surface area contributed by atoms with Gasteiger partial charge >= 0.3 is 5.97 Å².